The number of imidazole rings is 1. The zero-order valence-electron chi connectivity index (χ0n) is 13.8. The largest absolute Gasteiger partial charge is 0.377 e. The molecule has 1 aliphatic heterocycles. The highest BCUT2D eigenvalue weighted by atomic mass is 16.5. The summed E-state index contributed by atoms with van der Waals surface area (Å²) >= 11 is 0. The molecule has 0 unspecified atom stereocenters. The number of nitrogens with zero attached hydrogens (tertiary/aromatic N) is 5. The van der Waals surface area contributed by atoms with Crippen LogP contribution in [0, 0.1) is 6.92 Å². The first kappa shape index (κ1) is 15.5. The Morgan fingerprint density at radius 1 is 1.32 bits per heavy atom. The van der Waals surface area contributed by atoms with Gasteiger partial charge in [-0.2, -0.15) is 0 Å². The monoisotopic (exact) mass is 338 g/mol. The Morgan fingerprint density at radius 2 is 2.16 bits per heavy atom. The molecule has 3 aromatic rings. The Kier molecular flexibility index (Phi) is 4.02. The lowest BCUT2D eigenvalue weighted by molar-refractivity contribution is -0.00501. The van der Waals surface area contributed by atoms with E-state index in [-0.39, 0.29) is 11.9 Å². The Balaban J connectivity index is 1.63. The minimum Gasteiger partial charge on any atom is -0.377 e. The summed E-state index contributed by atoms with van der Waals surface area (Å²) in [5.74, 6) is 0.706. The number of ether oxygens (including phenoxy) is 1. The summed E-state index contributed by atoms with van der Waals surface area (Å²) in [7, 11) is 0. The first-order valence-electron chi connectivity index (χ1n) is 8.07. The third-order valence-corrected chi connectivity index (χ3v) is 4.24. The molecule has 1 aromatic carbocycles. The Bertz CT molecular complexity index is 873. The molecule has 0 spiro atoms. The fraction of sp³-hybridized carbons (Fsp3) is 0.294. The molecule has 8 nitrogen and oxygen atoms in total. The molecule has 0 radical (unpaired) electrons. The van der Waals surface area contributed by atoms with Crippen LogP contribution >= 0.6 is 0 Å². The molecule has 1 aliphatic rings. The van der Waals surface area contributed by atoms with Crippen LogP contribution in [0.5, 0.6) is 0 Å². The van der Waals surface area contributed by atoms with Gasteiger partial charge in [-0.3, -0.25) is 9.36 Å². The molecule has 1 N–H and O–H groups in total. The summed E-state index contributed by atoms with van der Waals surface area (Å²) in [6.07, 6.45) is 4.97. The van der Waals surface area contributed by atoms with E-state index in [1.165, 1.54) is 0 Å². The van der Waals surface area contributed by atoms with E-state index in [2.05, 4.69) is 20.2 Å². The normalized spacial score (nSPS) is 17.6. The van der Waals surface area contributed by atoms with E-state index in [9.17, 15) is 4.79 Å². The summed E-state index contributed by atoms with van der Waals surface area (Å²) < 4.78 is 7.34. The fourth-order valence-corrected chi connectivity index (χ4v) is 2.97. The Morgan fingerprint density at radius 3 is 2.92 bits per heavy atom. The van der Waals surface area contributed by atoms with Crippen molar-refractivity contribution in [1.82, 2.24) is 29.6 Å². The first-order chi connectivity index (χ1) is 12.2. The second kappa shape index (κ2) is 6.48. The summed E-state index contributed by atoms with van der Waals surface area (Å²) in [4.78, 5) is 22.5. The highest BCUT2D eigenvalue weighted by molar-refractivity contribution is 5.95. The lowest BCUT2D eigenvalue weighted by Gasteiger charge is -2.34. The van der Waals surface area contributed by atoms with Crippen molar-refractivity contribution in [3.63, 3.8) is 0 Å². The molecule has 1 fully saturated rings. The molecule has 0 aliphatic carbocycles. The maximum atomic E-state index is 13.1. The van der Waals surface area contributed by atoms with Crippen molar-refractivity contribution in [2.24, 2.45) is 0 Å². The van der Waals surface area contributed by atoms with Gasteiger partial charge in [-0.25, -0.2) is 4.98 Å². The smallest absolute Gasteiger partial charge is 0.254 e. The third kappa shape index (κ3) is 3.03. The van der Waals surface area contributed by atoms with Crippen molar-refractivity contribution < 1.29 is 9.53 Å². The predicted molar refractivity (Wildman–Crippen MR) is 89.3 cm³/mol. The number of rotatable bonds is 3. The predicted octanol–water partition coefficient (Wildman–Crippen LogP) is 1.51. The van der Waals surface area contributed by atoms with E-state index in [0.717, 1.165) is 17.2 Å². The van der Waals surface area contributed by atoms with Crippen molar-refractivity contribution in [2.75, 3.05) is 19.8 Å². The second-order valence-corrected chi connectivity index (χ2v) is 5.96. The molecule has 4 rings (SSSR count). The third-order valence-electron chi connectivity index (χ3n) is 4.24. The van der Waals surface area contributed by atoms with Crippen molar-refractivity contribution in [3.05, 3.63) is 60.2 Å². The van der Waals surface area contributed by atoms with Crippen LogP contribution in [0.4, 0.5) is 0 Å². The van der Waals surface area contributed by atoms with Crippen molar-refractivity contribution in [3.8, 4) is 5.69 Å². The van der Waals surface area contributed by atoms with Crippen molar-refractivity contribution in [1.29, 1.82) is 0 Å². The van der Waals surface area contributed by atoms with Gasteiger partial charge in [0.1, 0.15) is 24.5 Å². The number of hydrogen-bond acceptors (Lipinski definition) is 5. The van der Waals surface area contributed by atoms with Crippen LogP contribution in [0.2, 0.25) is 0 Å². The van der Waals surface area contributed by atoms with Crippen LogP contribution in [0.1, 0.15) is 27.9 Å². The SMILES string of the molecule is Cc1cnc([C@H]2COCCN2C(=O)c2cccc(-n3cnnc3)c2)[nH]1. The topological polar surface area (TPSA) is 88.9 Å². The average Bonchev–Trinajstić information content (AvgIpc) is 3.33. The molecule has 1 amide bonds. The average molecular weight is 338 g/mol. The van der Waals surface area contributed by atoms with Crippen molar-refractivity contribution in [2.45, 2.75) is 13.0 Å². The van der Waals surface area contributed by atoms with Crippen LogP contribution in [0.15, 0.2) is 43.1 Å². The number of carbonyl (C=O) groups excluding carboxylic acids is 1. The van der Waals surface area contributed by atoms with Gasteiger partial charge in [-0.15, -0.1) is 10.2 Å². The number of aromatic amines is 1. The second-order valence-electron chi connectivity index (χ2n) is 5.96. The van der Waals surface area contributed by atoms with Crippen LogP contribution in [-0.2, 0) is 4.74 Å². The van der Waals surface area contributed by atoms with Gasteiger partial charge in [-0.1, -0.05) is 6.07 Å². The Hall–Kier alpha value is -3.00. The van der Waals surface area contributed by atoms with Gasteiger partial charge in [0.25, 0.3) is 5.91 Å². The van der Waals surface area contributed by atoms with E-state index in [0.29, 0.717) is 25.3 Å². The maximum absolute atomic E-state index is 13.1. The molecule has 3 heterocycles. The summed E-state index contributed by atoms with van der Waals surface area (Å²) in [5.41, 5.74) is 2.42. The minimum absolute atomic E-state index is 0.0442. The van der Waals surface area contributed by atoms with Gasteiger partial charge in [0.2, 0.25) is 0 Å². The molecular formula is C17H18N6O2. The van der Waals surface area contributed by atoms with E-state index >= 15 is 0 Å². The van der Waals surface area contributed by atoms with Gasteiger partial charge in [-0.05, 0) is 25.1 Å². The molecule has 1 atom stereocenters. The molecule has 0 bridgehead atoms. The number of aromatic nitrogens is 5. The minimum atomic E-state index is -0.214. The molecule has 128 valence electrons. The first-order valence-corrected chi connectivity index (χ1v) is 8.07. The standard InChI is InChI=1S/C17H18N6O2/c1-12-8-18-16(21-12)15-9-25-6-5-23(15)17(24)13-3-2-4-14(7-13)22-10-19-20-11-22/h2-4,7-8,10-11,15H,5-6,9H2,1H3,(H,18,21)/t15-/m1/s1. The van der Waals surface area contributed by atoms with Crippen LogP contribution in [-0.4, -0.2) is 55.3 Å². The van der Waals surface area contributed by atoms with E-state index in [4.69, 9.17) is 4.74 Å². The quantitative estimate of drug-likeness (QED) is 0.782. The van der Waals surface area contributed by atoms with Gasteiger partial charge in [0, 0.05) is 29.7 Å². The van der Waals surface area contributed by atoms with Gasteiger partial charge < -0.3 is 14.6 Å². The highest BCUT2D eigenvalue weighted by Gasteiger charge is 2.31. The van der Waals surface area contributed by atoms with E-state index in [1.807, 2.05) is 36.1 Å². The lowest BCUT2D eigenvalue weighted by atomic mass is 10.1. The highest BCUT2D eigenvalue weighted by Crippen LogP contribution is 2.24. The number of hydrogen-bond donors (Lipinski definition) is 1. The van der Waals surface area contributed by atoms with Crippen LogP contribution in [0.25, 0.3) is 5.69 Å². The van der Waals surface area contributed by atoms with Gasteiger partial charge >= 0.3 is 0 Å². The molecule has 25 heavy (non-hydrogen) atoms. The number of aryl methyl sites for hydroxylation is 1. The summed E-state index contributed by atoms with van der Waals surface area (Å²) in [6, 6.07) is 7.21. The van der Waals surface area contributed by atoms with E-state index < -0.39 is 0 Å². The molecule has 1 saturated heterocycles. The van der Waals surface area contributed by atoms with Gasteiger partial charge in [0.15, 0.2) is 0 Å². The van der Waals surface area contributed by atoms with Gasteiger partial charge in [0.05, 0.1) is 13.2 Å². The molecule has 2 aromatic heterocycles. The number of nitrogens with one attached hydrogen (secondary N) is 1. The van der Waals surface area contributed by atoms with Crippen LogP contribution in [0.3, 0.4) is 0 Å². The molecule has 0 saturated carbocycles. The number of H-pyrrole nitrogens is 1. The number of carbonyl (C=O) groups is 1. The lowest BCUT2D eigenvalue weighted by Crippen LogP contribution is -2.43. The zero-order valence-corrected chi connectivity index (χ0v) is 13.8. The zero-order chi connectivity index (χ0) is 17.2. The van der Waals surface area contributed by atoms with E-state index in [1.54, 1.807) is 23.4 Å². The number of morpholine rings is 1. The Labute approximate surface area is 144 Å². The fourth-order valence-electron chi connectivity index (χ4n) is 2.97. The number of amides is 1. The molecular weight excluding hydrogens is 320 g/mol. The number of benzene rings is 1. The summed E-state index contributed by atoms with van der Waals surface area (Å²) in [6.45, 7) is 3.42. The maximum Gasteiger partial charge on any atom is 0.254 e. The summed E-state index contributed by atoms with van der Waals surface area (Å²) in [5, 5.41) is 7.61. The van der Waals surface area contributed by atoms with Crippen LogP contribution < -0.4 is 0 Å². The molecule has 8 heteroatoms. The van der Waals surface area contributed by atoms with Crippen molar-refractivity contribution >= 4 is 5.91 Å².